The fourth-order valence-corrected chi connectivity index (χ4v) is 3.99. The number of hydrogen-bond acceptors (Lipinski definition) is 8. The number of benzene rings is 1. The number of carbonyl (C=O) groups excluding carboxylic acids is 3. The SMILES string of the molecule is Cc1cc(NC(=O)c2ccco2)sc1C(=O)OCC(=O)Nc1cccc(S(N)(=O)=O)c1. The van der Waals surface area contributed by atoms with E-state index in [4.69, 9.17) is 14.3 Å². The van der Waals surface area contributed by atoms with Gasteiger partial charge in [0.2, 0.25) is 10.0 Å². The smallest absolute Gasteiger partial charge is 0.349 e. The van der Waals surface area contributed by atoms with Gasteiger partial charge in [0.15, 0.2) is 12.4 Å². The van der Waals surface area contributed by atoms with Crippen LogP contribution in [-0.2, 0) is 19.6 Å². The normalized spacial score (nSPS) is 11.0. The number of esters is 1. The number of nitrogens with two attached hydrogens (primary N) is 1. The molecule has 0 aliphatic carbocycles. The van der Waals surface area contributed by atoms with Crippen molar-refractivity contribution in [1.29, 1.82) is 0 Å². The Balaban J connectivity index is 1.58. The van der Waals surface area contributed by atoms with E-state index >= 15 is 0 Å². The highest BCUT2D eigenvalue weighted by Crippen LogP contribution is 2.28. The Kier molecular flexibility index (Phi) is 6.53. The second-order valence-electron chi connectivity index (χ2n) is 6.25. The summed E-state index contributed by atoms with van der Waals surface area (Å²) in [6.07, 6.45) is 1.37. The number of nitrogens with one attached hydrogen (secondary N) is 2. The van der Waals surface area contributed by atoms with Crippen LogP contribution in [0, 0.1) is 6.92 Å². The molecule has 0 saturated heterocycles. The summed E-state index contributed by atoms with van der Waals surface area (Å²) in [5.74, 6) is -1.75. The minimum absolute atomic E-state index is 0.123. The lowest BCUT2D eigenvalue weighted by Crippen LogP contribution is -2.21. The third kappa shape index (κ3) is 5.78. The zero-order valence-electron chi connectivity index (χ0n) is 16.1. The molecule has 12 heteroatoms. The Morgan fingerprint density at radius 1 is 1.13 bits per heavy atom. The van der Waals surface area contributed by atoms with E-state index in [1.807, 2.05) is 0 Å². The van der Waals surface area contributed by atoms with E-state index in [0.717, 1.165) is 11.3 Å². The van der Waals surface area contributed by atoms with E-state index in [0.29, 0.717) is 10.6 Å². The van der Waals surface area contributed by atoms with Crippen molar-refractivity contribution < 1.29 is 32.0 Å². The molecular formula is C19H17N3O7S2. The molecule has 0 bridgehead atoms. The minimum Gasteiger partial charge on any atom is -0.459 e. The summed E-state index contributed by atoms with van der Waals surface area (Å²) in [6, 6.07) is 10.0. The molecule has 0 spiro atoms. The number of rotatable bonds is 7. The molecule has 0 saturated carbocycles. The summed E-state index contributed by atoms with van der Waals surface area (Å²) < 4.78 is 32.8. The number of ether oxygens (including phenoxy) is 1. The molecule has 10 nitrogen and oxygen atoms in total. The Labute approximate surface area is 181 Å². The summed E-state index contributed by atoms with van der Waals surface area (Å²) in [4.78, 5) is 36.4. The van der Waals surface area contributed by atoms with Crippen LogP contribution in [0.2, 0.25) is 0 Å². The van der Waals surface area contributed by atoms with Gasteiger partial charge in [-0.3, -0.25) is 9.59 Å². The Bertz CT molecular complexity index is 1230. The standard InChI is InChI=1S/C19H17N3O7S2/c1-11-8-16(22-18(24)14-6-3-7-28-14)30-17(11)19(25)29-10-15(23)21-12-4-2-5-13(9-12)31(20,26)27/h2-9H,10H2,1H3,(H,21,23)(H,22,24)(H2,20,26,27). The first-order valence-corrected chi connectivity index (χ1v) is 11.0. The summed E-state index contributed by atoms with van der Waals surface area (Å²) in [5.41, 5.74) is 0.744. The zero-order valence-corrected chi connectivity index (χ0v) is 17.7. The van der Waals surface area contributed by atoms with E-state index in [1.165, 1.54) is 36.6 Å². The summed E-state index contributed by atoms with van der Waals surface area (Å²) in [6.45, 7) is 1.07. The van der Waals surface area contributed by atoms with Crippen LogP contribution in [-0.4, -0.2) is 32.8 Å². The van der Waals surface area contributed by atoms with E-state index in [1.54, 1.807) is 19.1 Å². The highest BCUT2D eigenvalue weighted by atomic mass is 32.2. The molecule has 2 aromatic heterocycles. The van der Waals surface area contributed by atoms with Gasteiger partial charge in [0.05, 0.1) is 16.2 Å². The van der Waals surface area contributed by atoms with Gasteiger partial charge in [0.1, 0.15) is 4.88 Å². The van der Waals surface area contributed by atoms with Crippen LogP contribution in [0.3, 0.4) is 0 Å². The van der Waals surface area contributed by atoms with Crippen LogP contribution in [0.1, 0.15) is 25.8 Å². The summed E-state index contributed by atoms with van der Waals surface area (Å²) >= 11 is 0.993. The van der Waals surface area contributed by atoms with Crippen molar-refractivity contribution in [3.05, 3.63) is 64.9 Å². The van der Waals surface area contributed by atoms with Gasteiger partial charge in [-0.2, -0.15) is 0 Å². The lowest BCUT2D eigenvalue weighted by molar-refractivity contribution is -0.119. The van der Waals surface area contributed by atoms with Gasteiger partial charge in [-0.05, 0) is 48.9 Å². The average Bonchev–Trinajstić information content (AvgIpc) is 3.36. The molecule has 0 unspecified atom stereocenters. The van der Waals surface area contributed by atoms with Gasteiger partial charge in [0, 0.05) is 5.69 Å². The lowest BCUT2D eigenvalue weighted by Gasteiger charge is -2.07. The van der Waals surface area contributed by atoms with Crippen molar-refractivity contribution in [3.63, 3.8) is 0 Å². The molecule has 162 valence electrons. The predicted molar refractivity (Wildman–Crippen MR) is 112 cm³/mol. The lowest BCUT2D eigenvalue weighted by atomic mass is 10.3. The molecule has 3 aromatic rings. The number of primary sulfonamides is 1. The van der Waals surface area contributed by atoms with Crippen molar-refractivity contribution in [2.75, 3.05) is 17.2 Å². The molecule has 0 fully saturated rings. The maximum absolute atomic E-state index is 12.3. The van der Waals surface area contributed by atoms with Gasteiger partial charge < -0.3 is 19.8 Å². The number of sulfonamides is 1. The molecule has 2 heterocycles. The van der Waals surface area contributed by atoms with E-state index in [2.05, 4.69) is 10.6 Å². The van der Waals surface area contributed by atoms with Crippen LogP contribution in [0.4, 0.5) is 10.7 Å². The van der Waals surface area contributed by atoms with E-state index < -0.39 is 34.4 Å². The number of carbonyl (C=O) groups is 3. The maximum Gasteiger partial charge on any atom is 0.349 e. The van der Waals surface area contributed by atoms with Crippen LogP contribution in [0.5, 0.6) is 0 Å². The first-order chi connectivity index (χ1) is 14.6. The Hall–Kier alpha value is -3.48. The van der Waals surface area contributed by atoms with E-state index in [-0.39, 0.29) is 21.2 Å². The molecule has 1 aromatic carbocycles. The number of aryl methyl sites for hydroxylation is 1. The fraction of sp³-hybridized carbons (Fsp3) is 0.105. The van der Waals surface area contributed by atoms with Crippen molar-refractivity contribution >= 4 is 49.8 Å². The molecule has 0 radical (unpaired) electrons. The van der Waals surface area contributed by atoms with Crippen LogP contribution in [0.25, 0.3) is 0 Å². The van der Waals surface area contributed by atoms with Crippen molar-refractivity contribution in [3.8, 4) is 0 Å². The highest BCUT2D eigenvalue weighted by Gasteiger charge is 2.19. The molecule has 2 amide bonds. The minimum atomic E-state index is -3.92. The molecule has 4 N–H and O–H groups in total. The van der Waals surface area contributed by atoms with Crippen molar-refractivity contribution in [1.82, 2.24) is 0 Å². The van der Waals surface area contributed by atoms with Gasteiger partial charge in [-0.1, -0.05) is 6.07 Å². The Morgan fingerprint density at radius 3 is 2.58 bits per heavy atom. The van der Waals surface area contributed by atoms with Gasteiger partial charge in [-0.15, -0.1) is 11.3 Å². The predicted octanol–water partition coefficient (Wildman–Crippen LogP) is 2.34. The van der Waals surface area contributed by atoms with Gasteiger partial charge >= 0.3 is 5.97 Å². The second kappa shape index (κ2) is 9.12. The van der Waals surface area contributed by atoms with Crippen molar-refractivity contribution in [2.45, 2.75) is 11.8 Å². The van der Waals surface area contributed by atoms with Gasteiger partial charge in [-0.25, -0.2) is 18.4 Å². The molecule has 0 aliphatic rings. The molecule has 31 heavy (non-hydrogen) atoms. The molecular weight excluding hydrogens is 446 g/mol. The largest absolute Gasteiger partial charge is 0.459 e. The molecule has 0 atom stereocenters. The first-order valence-electron chi connectivity index (χ1n) is 8.68. The quantitative estimate of drug-likeness (QED) is 0.454. The van der Waals surface area contributed by atoms with Crippen molar-refractivity contribution in [2.24, 2.45) is 5.14 Å². The molecule has 3 rings (SSSR count). The fourth-order valence-electron chi connectivity index (χ4n) is 2.47. The number of anilines is 2. The third-order valence-corrected chi connectivity index (χ3v) is 5.91. The zero-order chi connectivity index (χ0) is 22.6. The van der Waals surface area contributed by atoms with Crippen LogP contribution >= 0.6 is 11.3 Å². The number of furan rings is 1. The number of amides is 2. The first kappa shape index (κ1) is 22.2. The number of thiophene rings is 1. The monoisotopic (exact) mass is 463 g/mol. The molecule has 0 aliphatic heterocycles. The maximum atomic E-state index is 12.3. The third-order valence-electron chi connectivity index (χ3n) is 3.87. The summed E-state index contributed by atoms with van der Waals surface area (Å²) in [5, 5.41) is 10.5. The van der Waals surface area contributed by atoms with Crippen LogP contribution in [0.15, 0.2) is 58.0 Å². The van der Waals surface area contributed by atoms with E-state index in [9.17, 15) is 22.8 Å². The highest BCUT2D eigenvalue weighted by molar-refractivity contribution is 7.89. The summed E-state index contributed by atoms with van der Waals surface area (Å²) in [7, 11) is -3.92. The topological polar surface area (TPSA) is 158 Å². The van der Waals surface area contributed by atoms with Crippen LogP contribution < -0.4 is 15.8 Å². The Morgan fingerprint density at radius 2 is 1.90 bits per heavy atom. The van der Waals surface area contributed by atoms with Gasteiger partial charge in [0.25, 0.3) is 11.8 Å². The average molecular weight is 463 g/mol. The second-order valence-corrected chi connectivity index (χ2v) is 8.86. The number of hydrogen-bond donors (Lipinski definition) is 3.